The van der Waals surface area contributed by atoms with Crippen molar-refractivity contribution >= 4 is 11.8 Å². The number of rotatable bonds is 21. The lowest BCUT2D eigenvalue weighted by molar-refractivity contribution is -0.835. The summed E-state index contributed by atoms with van der Waals surface area (Å²) in [6.45, 7) is 9.05. The van der Waals surface area contributed by atoms with E-state index in [0.29, 0.717) is 4.48 Å². The molecule has 0 aromatic heterocycles. The van der Waals surface area contributed by atoms with E-state index in [1.54, 1.807) is 4.90 Å². The van der Waals surface area contributed by atoms with Gasteiger partial charge in [-0.25, -0.2) is 4.79 Å². The highest BCUT2D eigenvalue weighted by molar-refractivity contribution is 5.93. The minimum absolute atomic E-state index is 0.0195. The van der Waals surface area contributed by atoms with E-state index in [9.17, 15) is 9.59 Å². The summed E-state index contributed by atoms with van der Waals surface area (Å²) in [6, 6.07) is 0. The van der Waals surface area contributed by atoms with Crippen LogP contribution in [0, 0.1) is 0 Å². The van der Waals surface area contributed by atoms with Gasteiger partial charge in [0, 0.05) is 13.6 Å². The van der Waals surface area contributed by atoms with Crippen LogP contribution in [0.2, 0.25) is 0 Å². The Hall–Kier alpha value is -0.900. The van der Waals surface area contributed by atoms with E-state index >= 15 is 0 Å². The third kappa shape index (κ3) is 15.5. The van der Waals surface area contributed by atoms with Crippen molar-refractivity contribution in [2.45, 2.75) is 130 Å². The molecule has 0 aliphatic rings. The third-order valence-corrected chi connectivity index (χ3v) is 6.69. The van der Waals surface area contributed by atoms with Crippen molar-refractivity contribution < 1.29 is 14.1 Å². The Balaban J connectivity index is 4.16. The van der Waals surface area contributed by atoms with Gasteiger partial charge in [0.2, 0.25) is 5.91 Å². The Morgan fingerprint density at radius 1 is 0.613 bits per heavy atom. The van der Waals surface area contributed by atoms with Crippen molar-refractivity contribution in [2.75, 3.05) is 33.7 Å². The minimum atomic E-state index is -0.0195. The van der Waals surface area contributed by atoms with Crippen LogP contribution in [0.1, 0.15) is 130 Å². The molecule has 0 N–H and O–H groups in total. The van der Waals surface area contributed by atoms with Gasteiger partial charge in [-0.1, -0.05) is 97.8 Å². The molecular weight excluding hydrogens is 384 g/mol. The smallest absolute Gasteiger partial charge is 0.322 e. The molecule has 0 fully saturated rings. The predicted molar refractivity (Wildman–Crippen MR) is 134 cm³/mol. The first-order chi connectivity index (χ1) is 14.9. The highest BCUT2D eigenvalue weighted by Gasteiger charge is 2.32. The fourth-order valence-electron chi connectivity index (χ4n) is 4.15. The largest absolute Gasteiger partial charge is 0.345 e. The second-order valence-electron chi connectivity index (χ2n) is 9.83. The lowest BCUT2D eigenvalue weighted by Crippen LogP contribution is -2.52. The Labute approximate surface area is 194 Å². The predicted octanol–water partition coefficient (Wildman–Crippen LogP) is 7.11. The van der Waals surface area contributed by atoms with E-state index in [-0.39, 0.29) is 18.2 Å². The van der Waals surface area contributed by atoms with Gasteiger partial charge in [0.15, 0.2) is 0 Å². The fraction of sp³-hybridized carbons (Fsp3) is 0.926. The minimum Gasteiger partial charge on any atom is -0.345 e. The highest BCUT2D eigenvalue weighted by atomic mass is 16.2. The van der Waals surface area contributed by atoms with Crippen LogP contribution < -0.4 is 0 Å². The molecule has 2 amide bonds. The summed E-state index contributed by atoms with van der Waals surface area (Å²) < 4.78 is 0.430. The molecule has 0 aliphatic heterocycles. The summed E-state index contributed by atoms with van der Waals surface area (Å²) in [5.74, 6) is 0.0823. The van der Waals surface area contributed by atoms with Crippen molar-refractivity contribution in [2.24, 2.45) is 0 Å². The van der Waals surface area contributed by atoms with Gasteiger partial charge in [-0.2, -0.15) is 0 Å². The molecule has 0 aromatic rings. The normalized spacial score (nSPS) is 13.2. The number of hydrogen-bond acceptors (Lipinski definition) is 2. The molecule has 0 radical (unpaired) electrons. The average molecular weight is 440 g/mol. The monoisotopic (exact) mass is 439 g/mol. The Morgan fingerprint density at radius 3 is 1.52 bits per heavy atom. The van der Waals surface area contributed by atoms with Crippen molar-refractivity contribution in [1.29, 1.82) is 0 Å². The zero-order valence-corrected chi connectivity index (χ0v) is 21.9. The summed E-state index contributed by atoms with van der Waals surface area (Å²) in [7, 11) is 3.88. The second-order valence-corrected chi connectivity index (χ2v) is 9.83. The van der Waals surface area contributed by atoms with E-state index in [1.165, 1.54) is 70.6 Å². The van der Waals surface area contributed by atoms with Gasteiger partial charge in [-0.05, 0) is 25.7 Å². The first kappa shape index (κ1) is 30.1. The number of unbranched alkanes of at least 4 members (excludes halogenated alkanes) is 13. The van der Waals surface area contributed by atoms with E-state index in [0.717, 1.165) is 51.7 Å². The van der Waals surface area contributed by atoms with Crippen LogP contribution in [0.4, 0.5) is 0 Å². The SMILES string of the molecule is CCCCCCCCCCCCCC[N+](C)(CCCC)C(=O)CC(=O)N(C)CCCC. The molecule has 31 heavy (non-hydrogen) atoms. The molecule has 4 nitrogen and oxygen atoms in total. The maximum absolute atomic E-state index is 13.0. The Kier molecular flexibility index (Phi) is 19.2. The Morgan fingerprint density at radius 2 is 1.03 bits per heavy atom. The van der Waals surface area contributed by atoms with Gasteiger partial charge in [0.1, 0.15) is 6.42 Å². The standard InChI is InChI=1S/C27H55N2O2/c1-6-9-12-13-14-15-16-17-18-19-20-21-24-29(5,23-11-8-3)27(31)25-26(30)28(4)22-10-7-2/h6-25H2,1-5H3/q+1. The van der Waals surface area contributed by atoms with Crippen LogP contribution in [0.25, 0.3) is 0 Å². The highest BCUT2D eigenvalue weighted by Crippen LogP contribution is 2.16. The van der Waals surface area contributed by atoms with Crippen LogP contribution in [0.5, 0.6) is 0 Å². The lowest BCUT2D eigenvalue weighted by atomic mass is 10.0. The number of amides is 2. The number of nitrogens with zero attached hydrogens (tertiary/aromatic N) is 2. The van der Waals surface area contributed by atoms with Crippen molar-refractivity contribution in [3.05, 3.63) is 0 Å². The molecular formula is C27H55N2O2+. The fourth-order valence-corrected chi connectivity index (χ4v) is 4.15. The van der Waals surface area contributed by atoms with E-state index < -0.39 is 0 Å². The van der Waals surface area contributed by atoms with E-state index in [4.69, 9.17) is 0 Å². The number of carbonyl (C=O) groups excluding carboxylic acids is 2. The lowest BCUT2D eigenvalue weighted by Gasteiger charge is -2.32. The molecule has 4 heteroatoms. The van der Waals surface area contributed by atoms with Gasteiger partial charge in [0.25, 0.3) is 0 Å². The molecule has 0 bridgehead atoms. The van der Waals surface area contributed by atoms with Crippen molar-refractivity contribution in [3.8, 4) is 0 Å². The summed E-state index contributed by atoms with van der Waals surface area (Å²) in [5.41, 5.74) is 0. The molecule has 184 valence electrons. The second kappa shape index (κ2) is 19.8. The van der Waals surface area contributed by atoms with Gasteiger partial charge >= 0.3 is 5.91 Å². The zero-order chi connectivity index (χ0) is 23.4. The molecule has 1 unspecified atom stereocenters. The summed E-state index contributed by atoms with van der Waals surface area (Å²) >= 11 is 0. The number of quaternary nitrogens is 1. The molecule has 0 aliphatic carbocycles. The van der Waals surface area contributed by atoms with Gasteiger partial charge in [-0.15, -0.1) is 0 Å². The molecule has 0 heterocycles. The number of carbonyl (C=O) groups is 2. The summed E-state index contributed by atoms with van der Waals surface area (Å²) in [6.07, 6.45) is 20.2. The van der Waals surface area contributed by atoms with E-state index in [2.05, 4.69) is 27.8 Å². The quantitative estimate of drug-likeness (QED) is 0.109. The van der Waals surface area contributed by atoms with Crippen LogP contribution in [-0.2, 0) is 9.59 Å². The molecule has 0 aromatic carbocycles. The van der Waals surface area contributed by atoms with Gasteiger partial charge < -0.3 is 4.90 Å². The van der Waals surface area contributed by atoms with Crippen LogP contribution in [-0.4, -0.2) is 54.9 Å². The number of hydrogen-bond donors (Lipinski definition) is 0. The molecule has 1 atom stereocenters. The summed E-state index contributed by atoms with van der Waals surface area (Å²) in [5, 5.41) is 0. The Bertz CT molecular complexity index is 453. The first-order valence-corrected chi connectivity index (χ1v) is 13.5. The maximum atomic E-state index is 13.0. The molecule has 0 rings (SSSR count). The van der Waals surface area contributed by atoms with Crippen LogP contribution in [0.15, 0.2) is 0 Å². The van der Waals surface area contributed by atoms with Crippen LogP contribution >= 0.6 is 0 Å². The first-order valence-electron chi connectivity index (χ1n) is 13.5. The average Bonchev–Trinajstić information content (AvgIpc) is 2.76. The van der Waals surface area contributed by atoms with E-state index in [1.807, 2.05) is 7.05 Å². The van der Waals surface area contributed by atoms with Gasteiger partial charge in [-0.3, -0.25) is 9.28 Å². The topological polar surface area (TPSA) is 37.4 Å². The zero-order valence-electron chi connectivity index (χ0n) is 21.9. The van der Waals surface area contributed by atoms with Gasteiger partial charge in [0.05, 0.1) is 20.1 Å². The molecule has 0 saturated carbocycles. The summed E-state index contributed by atoms with van der Waals surface area (Å²) in [4.78, 5) is 27.2. The molecule has 0 saturated heterocycles. The van der Waals surface area contributed by atoms with Crippen molar-refractivity contribution in [1.82, 2.24) is 4.90 Å². The third-order valence-electron chi connectivity index (χ3n) is 6.69. The van der Waals surface area contributed by atoms with Crippen molar-refractivity contribution in [3.63, 3.8) is 0 Å². The molecule has 0 spiro atoms. The maximum Gasteiger partial charge on any atom is 0.322 e. The van der Waals surface area contributed by atoms with Crippen LogP contribution in [0.3, 0.4) is 0 Å².